The number of ether oxygens (including phenoxy) is 1. The van der Waals surface area contributed by atoms with Crippen molar-refractivity contribution in [2.24, 2.45) is 0 Å². The van der Waals surface area contributed by atoms with Crippen LogP contribution in [0.4, 0.5) is 5.82 Å². The lowest BCUT2D eigenvalue weighted by atomic mass is 9.85. The summed E-state index contributed by atoms with van der Waals surface area (Å²) in [5.41, 5.74) is 1.09. The van der Waals surface area contributed by atoms with Crippen molar-refractivity contribution in [1.82, 2.24) is 14.9 Å². The van der Waals surface area contributed by atoms with E-state index >= 15 is 0 Å². The highest BCUT2D eigenvalue weighted by atomic mass is 32.1. The van der Waals surface area contributed by atoms with E-state index in [1.807, 2.05) is 11.1 Å². The van der Waals surface area contributed by atoms with E-state index in [9.17, 15) is 4.79 Å². The van der Waals surface area contributed by atoms with Gasteiger partial charge in [0.25, 0.3) is 5.91 Å². The van der Waals surface area contributed by atoms with Gasteiger partial charge >= 0.3 is 0 Å². The van der Waals surface area contributed by atoms with Crippen molar-refractivity contribution >= 4 is 23.1 Å². The SMILES string of the molecule is O=C(c1cc2c(s1)C1(CCN(c3cnccn3)CC1)OCC2)N1CCCC1. The summed E-state index contributed by atoms with van der Waals surface area (Å²) in [6.45, 7) is 4.33. The molecule has 0 unspecified atom stereocenters. The molecule has 0 atom stereocenters. The summed E-state index contributed by atoms with van der Waals surface area (Å²) >= 11 is 1.67. The fourth-order valence-corrected chi connectivity index (χ4v) is 5.91. The standard InChI is InChI=1S/C20H24N4O2S/c25-19(24-8-1-2-9-24)16-13-15-3-12-26-20(18(15)27-16)4-10-23(11-5-20)17-14-21-6-7-22-17/h6-7,13-14H,1-5,8-12H2. The number of rotatable bonds is 2. The number of piperidine rings is 1. The maximum atomic E-state index is 12.8. The Balaban J connectivity index is 1.38. The van der Waals surface area contributed by atoms with E-state index in [2.05, 4.69) is 20.9 Å². The van der Waals surface area contributed by atoms with E-state index in [0.29, 0.717) is 0 Å². The molecule has 3 aliphatic heterocycles. The highest BCUT2D eigenvalue weighted by Gasteiger charge is 2.43. The second-order valence-corrected chi connectivity index (χ2v) is 8.66. The summed E-state index contributed by atoms with van der Waals surface area (Å²) < 4.78 is 6.36. The first kappa shape index (κ1) is 17.1. The van der Waals surface area contributed by atoms with E-state index in [1.54, 1.807) is 23.7 Å². The summed E-state index contributed by atoms with van der Waals surface area (Å²) in [7, 11) is 0. The Morgan fingerprint density at radius 1 is 1.15 bits per heavy atom. The molecule has 2 saturated heterocycles. The molecule has 0 aromatic carbocycles. The van der Waals surface area contributed by atoms with Crippen molar-refractivity contribution in [3.8, 4) is 0 Å². The number of hydrogen-bond acceptors (Lipinski definition) is 6. The Kier molecular flexibility index (Phi) is 4.36. The molecule has 0 N–H and O–H groups in total. The quantitative estimate of drug-likeness (QED) is 0.797. The molecule has 1 spiro atoms. The first-order chi connectivity index (χ1) is 13.3. The Labute approximate surface area is 163 Å². The van der Waals surface area contributed by atoms with Crippen LogP contribution in [0.1, 0.15) is 45.8 Å². The highest BCUT2D eigenvalue weighted by molar-refractivity contribution is 7.14. The predicted molar refractivity (Wildman–Crippen MR) is 104 cm³/mol. The van der Waals surface area contributed by atoms with Gasteiger partial charge in [0, 0.05) is 43.4 Å². The zero-order valence-electron chi connectivity index (χ0n) is 15.4. The maximum absolute atomic E-state index is 12.8. The summed E-state index contributed by atoms with van der Waals surface area (Å²) in [6.07, 6.45) is 10.3. The number of nitrogens with zero attached hydrogens (tertiary/aromatic N) is 4. The number of carbonyl (C=O) groups excluding carboxylic acids is 1. The Morgan fingerprint density at radius 2 is 1.96 bits per heavy atom. The molecule has 2 aromatic rings. The van der Waals surface area contributed by atoms with Crippen LogP contribution in [0.15, 0.2) is 24.7 Å². The summed E-state index contributed by atoms with van der Waals surface area (Å²) in [5, 5.41) is 0. The van der Waals surface area contributed by atoms with Crippen LogP contribution in [-0.2, 0) is 16.8 Å². The smallest absolute Gasteiger partial charge is 0.263 e. The topological polar surface area (TPSA) is 58.6 Å². The molecule has 0 bridgehead atoms. The second kappa shape index (κ2) is 6.87. The van der Waals surface area contributed by atoms with Gasteiger partial charge in [0.15, 0.2) is 0 Å². The number of likely N-dealkylation sites (tertiary alicyclic amines) is 1. The van der Waals surface area contributed by atoms with Crippen LogP contribution in [0.5, 0.6) is 0 Å². The number of anilines is 1. The second-order valence-electron chi connectivity index (χ2n) is 7.61. The van der Waals surface area contributed by atoms with Gasteiger partial charge in [-0.05, 0) is 43.7 Å². The van der Waals surface area contributed by atoms with Crippen LogP contribution < -0.4 is 4.90 Å². The molecule has 27 heavy (non-hydrogen) atoms. The van der Waals surface area contributed by atoms with Crippen molar-refractivity contribution in [3.63, 3.8) is 0 Å². The molecular weight excluding hydrogens is 360 g/mol. The number of carbonyl (C=O) groups is 1. The van der Waals surface area contributed by atoms with E-state index in [4.69, 9.17) is 4.74 Å². The van der Waals surface area contributed by atoms with E-state index in [1.165, 1.54) is 10.4 Å². The van der Waals surface area contributed by atoms with E-state index in [0.717, 1.165) is 75.6 Å². The third-order valence-corrected chi connectivity index (χ3v) is 7.37. The molecule has 6 nitrogen and oxygen atoms in total. The molecular formula is C20H24N4O2S. The van der Waals surface area contributed by atoms with Crippen molar-refractivity contribution in [1.29, 1.82) is 0 Å². The molecule has 0 aliphatic carbocycles. The third kappa shape index (κ3) is 3.02. The lowest BCUT2D eigenvalue weighted by molar-refractivity contribution is -0.0735. The first-order valence-corrected chi connectivity index (χ1v) is 10.6. The largest absolute Gasteiger partial charge is 0.369 e. The van der Waals surface area contributed by atoms with Crippen LogP contribution in [-0.4, -0.2) is 53.6 Å². The van der Waals surface area contributed by atoms with Crippen LogP contribution in [0.2, 0.25) is 0 Å². The molecule has 142 valence electrons. The van der Waals surface area contributed by atoms with Gasteiger partial charge < -0.3 is 14.5 Å². The van der Waals surface area contributed by atoms with Gasteiger partial charge in [-0.2, -0.15) is 0 Å². The highest BCUT2D eigenvalue weighted by Crippen LogP contribution is 2.46. The Hall–Kier alpha value is -1.99. The van der Waals surface area contributed by atoms with Gasteiger partial charge in [-0.3, -0.25) is 9.78 Å². The van der Waals surface area contributed by atoms with Gasteiger partial charge in [-0.1, -0.05) is 0 Å². The van der Waals surface area contributed by atoms with Crippen molar-refractivity contribution in [3.05, 3.63) is 40.0 Å². The average molecular weight is 385 g/mol. The lowest BCUT2D eigenvalue weighted by Gasteiger charge is -2.44. The number of thiophene rings is 1. The van der Waals surface area contributed by atoms with Crippen LogP contribution in [0, 0.1) is 0 Å². The number of hydrogen-bond donors (Lipinski definition) is 0. The zero-order valence-corrected chi connectivity index (χ0v) is 16.2. The average Bonchev–Trinajstić information content (AvgIpc) is 3.40. The molecule has 5 heterocycles. The van der Waals surface area contributed by atoms with Crippen LogP contribution >= 0.6 is 11.3 Å². The molecule has 0 radical (unpaired) electrons. The number of aromatic nitrogens is 2. The minimum atomic E-state index is -0.236. The normalized spacial score (nSPS) is 21.5. The van der Waals surface area contributed by atoms with Crippen LogP contribution in [0.3, 0.4) is 0 Å². The monoisotopic (exact) mass is 384 g/mol. The van der Waals surface area contributed by atoms with Gasteiger partial charge in [0.1, 0.15) is 11.4 Å². The third-order valence-electron chi connectivity index (χ3n) is 6.02. The fourth-order valence-electron chi connectivity index (χ4n) is 4.53. The van der Waals surface area contributed by atoms with E-state index < -0.39 is 0 Å². The van der Waals surface area contributed by atoms with Gasteiger partial charge in [-0.15, -0.1) is 11.3 Å². The maximum Gasteiger partial charge on any atom is 0.263 e. The molecule has 2 aromatic heterocycles. The summed E-state index contributed by atoms with van der Waals surface area (Å²) in [5.74, 6) is 1.14. The molecule has 5 rings (SSSR count). The van der Waals surface area contributed by atoms with Crippen molar-refractivity contribution in [2.75, 3.05) is 37.7 Å². The molecule has 3 aliphatic rings. The number of fused-ring (bicyclic) bond motifs is 2. The Morgan fingerprint density at radius 3 is 2.70 bits per heavy atom. The van der Waals surface area contributed by atoms with Crippen LogP contribution in [0.25, 0.3) is 0 Å². The van der Waals surface area contributed by atoms with Crippen molar-refractivity contribution in [2.45, 2.75) is 37.7 Å². The molecule has 0 saturated carbocycles. The minimum Gasteiger partial charge on any atom is -0.369 e. The number of amides is 1. The Bertz CT molecular complexity index is 824. The van der Waals surface area contributed by atoms with Crippen molar-refractivity contribution < 1.29 is 9.53 Å². The summed E-state index contributed by atoms with van der Waals surface area (Å²) in [6, 6.07) is 2.14. The summed E-state index contributed by atoms with van der Waals surface area (Å²) in [4.78, 5) is 27.9. The zero-order chi connectivity index (χ0) is 18.3. The molecule has 7 heteroatoms. The predicted octanol–water partition coefficient (Wildman–Crippen LogP) is 2.84. The van der Waals surface area contributed by atoms with E-state index in [-0.39, 0.29) is 11.5 Å². The van der Waals surface area contributed by atoms with Gasteiger partial charge in [0.05, 0.1) is 17.7 Å². The first-order valence-electron chi connectivity index (χ1n) is 9.83. The lowest BCUT2D eigenvalue weighted by Crippen LogP contribution is -2.46. The minimum absolute atomic E-state index is 0.207. The fraction of sp³-hybridized carbons (Fsp3) is 0.550. The molecule has 2 fully saturated rings. The van der Waals surface area contributed by atoms with Gasteiger partial charge in [0.2, 0.25) is 0 Å². The van der Waals surface area contributed by atoms with Gasteiger partial charge in [-0.25, -0.2) is 4.98 Å². The molecule has 1 amide bonds.